The molecule has 1 fully saturated rings. The van der Waals surface area contributed by atoms with E-state index in [9.17, 15) is 8.42 Å². The maximum absolute atomic E-state index is 11.4. The van der Waals surface area contributed by atoms with Gasteiger partial charge in [-0.25, -0.2) is 17.9 Å². The number of rotatable bonds is 2. The third-order valence-corrected chi connectivity index (χ3v) is 5.51. The average molecular weight is 300 g/mol. The fourth-order valence-corrected chi connectivity index (χ4v) is 4.20. The van der Waals surface area contributed by atoms with E-state index in [2.05, 4.69) is 10.1 Å². The highest BCUT2D eigenvalue weighted by molar-refractivity contribution is 7.91. The zero-order valence-electron chi connectivity index (χ0n) is 10.3. The van der Waals surface area contributed by atoms with E-state index >= 15 is 0 Å². The average Bonchev–Trinajstić information content (AvgIpc) is 2.76. The lowest BCUT2D eigenvalue weighted by atomic mass is 9.99. The fraction of sp³-hybridized carbons (Fsp3) is 0.500. The molecule has 0 bridgehead atoms. The molecule has 3 rings (SSSR count). The monoisotopic (exact) mass is 299 g/mol. The number of hydrogen-bond acceptors (Lipinski definition) is 4. The molecule has 0 atom stereocenters. The summed E-state index contributed by atoms with van der Waals surface area (Å²) in [6.07, 6.45) is 3.92. The van der Waals surface area contributed by atoms with Gasteiger partial charge in [-0.05, 0) is 30.9 Å². The van der Waals surface area contributed by atoms with E-state index in [4.69, 9.17) is 11.6 Å². The molecule has 2 aromatic rings. The van der Waals surface area contributed by atoms with Crippen molar-refractivity contribution in [3.05, 3.63) is 29.2 Å². The Bertz CT molecular complexity index is 697. The smallest absolute Gasteiger partial charge is 0.174 e. The van der Waals surface area contributed by atoms with Crippen molar-refractivity contribution in [2.24, 2.45) is 5.92 Å². The Hall–Kier alpha value is -1.14. The summed E-state index contributed by atoms with van der Waals surface area (Å²) < 4.78 is 24.4. The van der Waals surface area contributed by atoms with Gasteiger partial charge in [-0.1, -0.05) is 11.6 Å². The summed E-state index contributed by atoms with van der Waals surface area (Å²) in [5.74, 6) is 1.65. The van der Waals surface area contributed by atoms with Crippen LogP contribution in [-0.2, 0) is 16.3 Å². The van der Waals surface area contributed by atoms with E-state index in [0.29, 0.717) is 35.9 Å². The molecular formula is C12H14ClN3O2S. The second kappa shape index (κ2) is 4.76. The van der Waals surface area contributed by atoms with E-state index in [1.165, 1.54) is 0 Å². The second-order valence-electron chi connectivity index (χ2n) is 4.95. The van der Waals surface area contributed by atoms with Crippen molar-refractivity contribution < 1.29 is 8.42 Å². The highest BCUT2D eigenvalue weighted by atomic mass is 35.5. The molecule has 2 aromatic heterocycles. The number of aromatic nitrogens is 3. The number of pyridine rings is 1. The maximum Gasteiger partial charge on any atom is 0.174 e. The summed E-state index contributed by atoms with van der Waals surface area (Å²) in [6, 6.07) is 3.60. The molecule has 7 heteroatoms. The Labute approximate surface area is 116 Å². The molecule has 0 unspecified atom stereocenters. The topological polar surface area (TPSA) is 64.3 Å². The standard InChI is InChI=1S/C12H14ClN3O2S/c13-10-2-1-5-16-12(10)14-11(15-16)8-9-3-6-19(17,18)7-4-9/h1-2,5,9H,3-4,6-8H2. The van der Waals surface area contributed by atoms with E-state index in [0.717, 1.165) is 5.82 Å². The number of hydrogen-bond donors (Lipinski definition) is 0. The minimum Gasteiger partial charge on any atom is -0.229 e. The summed E-state index contributed by atoms with van der Waals surface area (Å²) in [5, 5.41) is 4.95. The van der Waals surface area contributed by atoms with E-state index in [1.54, 1.807) is 10.6 Å². The van der Waals surface area contributed by atoms with Crippen LogP contribution in [0.3, 0.4) is 0 Å². The number of fused-ring (bicyclic) bond motifs is 1. The summed E-state index contributed by atoms with van der Waals surface area (Å²) in [4.78, 5) is 4.41. The van der Waals surface area contributed by atoms with Gasteiger partial charge in [0.1, 0.15) is 9.84 Å². The zero-order chi connectivity index (χ0) is 13.5. The van der Waals surface area contributed by atoms with Crippen LogP contribution in [0.1, 0.15) is 18.7 Å². The molecule has 0 N–H and O–H groups in total. The van der Waals surface area contributed by atoms with Gasteiger partial charge in [-0.15, -0.1) is 0 Å². The molecule has 1 saturated heterocycles. The first kappa shape index (κ1) is 12.9. The first-order valence-electron chi connectivity index (χ1n) is 6.24. The van der Waals surface area contributed by atoms with Crippen LogP contribution in [0.5, 0.6) is 0 Å². The molecule has 0 spiro atoms. The van der Waals surface area contributed by atoms with Crippen LogP contribution in [0.4, 0.5) is 0 Å². The van der Waals surface area contributed by atoms with Crippen molar-refractivity contribution in [3.63, 3.8) is 0 Å². The number of halogens is 1. The van der Waals surface area contributed by atoms with Gasteiger partial charge in [0.2, 0.25) is 0 Å². The molecule has 0 amide bonds. The minimum atomic E-state index is -2.81. The van der Waals surface area contributed by atoms with E-state index < -0.39 is 9.84 Å². The predicted octanol–water partition coefficient (Wildman–Crippen LogP) is 1.75. The normalized spacial score (nSPS) is 19.8. The summed E-state index contributed by atoms with van der Waals surface area (Å²) in [6.45, 7) is 0. The SMILES string of the molecule is O=S1(=O)CCC(Cc2nc3c(Cl)cccn3n2)CC1. The third kappa shape index (κ3) is 2.74. The van der Waals surface area contributed by atoms with Crippen LogP contribution < -0.4 is 0 Å². The van der Waals surface area contributed by atoms with Gasteiger partial charge in [-0.3, -0.25) is 0 Å². The Kier molecular flexibility index (Phi) is 3.22. The molecule has 0 saturated carbocycles. The summed E-state index contributed by atoms with van der Waals surface area (Å²) in [5.41, 5.74) is 0.655. The number of nitrogens with zero attached hydrogens (tertiary/aromatic N) is 3. The van der Waals surface area contributed by atoms with Crippen molar-refractivity contribution in [2.45, 2.75) is 19.3 Å². The lowest BCUT2D eigenvalue weighted by Crippen LogP contribution is -2.24. The molecule has 0 aromatic carbocycles. The van der Waals surface area contributed by atoms with Gasteiger partial charge in [0, 0.05) is 12.6 Å². The highest BCUT2D eigenvalue weighted by Crippen LogP contribution is 2.23. The van der Waals surface area contributed by atoms with Crippen molar-refractivity contribution >= 4 is 27.1 Å². The Morgan fingerprint density at radius 1 is 1.37 bits per heavy atom. The van der Waals surface area contributed by atoms with Crippen LogP contribution in [0.15, 0.2) is 18.3 Å². The molecule has 1 aliphatic heterocycles. The largest absolute Gasteiger partial charge is 0.229 e. The zero-order valence-corrected chi connectivity index (χ0v) is 11.9. The van der Waals surface area contributed by atoms with Gasteiger partial charge in [0.15, 0.2) is 11.5 Å². The van der Waals surface area contributed by atoms with Crippen LogP contribution >= 0.6 is 11.6 Å². The Morgan fingerprint density at radius 3 is 2.79 bits per heavy atom. The summed E-state index contributed by atoms with van der Waals surface area (Å²) in [7, 11) is -2.81. The summed E-state index contributed by atoms with van der Waals surface area (Å²) >= 11 is 6.05. The molecule has 102 valence electrons. The van der Waals surface area contributed by atoms with Crippen LogP contribution in [0, 0.1) is 5.92 Å². The van der Waals surface area contributed by atoms with Crippen molar-refractivity contribution in [1.29, 1.82) is 0 Å². The van der Waals surface area contributed by atoms with Crippen molar-refractivity contribution in [2.75, 3.05) is 11.5 Å². The van der Waals surface area contributed by atoms with Gasteiger partial charge < -0.3 is 0 Å². The predicted molar refractivity (Wildman–Crippen MR) is 73.1 cm³/mol. The molecule has 5 nitrogen and oxygen atoms in total. The maximum atomic E-state index is 11.4. The molecule has 19 heavy (non-hydrogen) atoms. The van der Waals surface area contributed by atoms with Crippen LogP contribution in [-0.4, -0.2) is 34.5 Å². The van der Waals surface area contributed by atoms with Crippen molar-refractivity contribution in [3.8, 4) is 0 Å². The molecule has 3 heterocycles. The van der Waals surface area contributed by atoms with Crippen LogP contribution in [0.25, 0.3) is 5.65 Å². The Balaban J connectivity index is 1.77. The highest BCUT2D eigenvalue weighted by Gasteiger charge is 2.24. The van der Waals surface area contributed by atoms with Gasteiger partial charge in [0.25, 0.3) is 0 Å². The Morgan fingerprint density at radius 2 is 2.11 bits per heavy atom. The van der Waals surface area contributed by atoms with E-state index in [1.807, 2.05) is 12.3 Å². The quantitative estimate of drug-likeness (QED) is 0.847. The molecule has 1 aliphatic rings. The lowest BCUT2D eigenvalue weighted by Gasteiger charge is -2.20. The van der Waals surface area contributed by atoms with Crippen molar-refractivity contribution in [1.82, 2.24) is 14.6 Å². The molecule has 0 aliphatic carbocycles. The first-order valence-corrected chi connectivity index (χ1v) is 8.44. The second-order valence-corrected chi connectivity index (χ2v) is 7.66. The first-order chi connectivity index (χ1) is 9.03. The number of sulfone groups is 1. The van der Waals surface area contributed by atoms with Crippen LogP contribution in [0.2, 0.25) is 5.02 Å². The van der Waals surface area contributed by atoms with Gasteiger partial charge in [0.05, 0.1) is 16.5 Å². The fourth-order valence-electron chi connectivity index (χ4n) is 2.41. The molecular weight excluding hydrogens is 286 g/mol. The van der Waals surface area contributed by atoms with Gasteiger partial charge in [-0.2, -0.15) is 5.10 Å². The molecule has 0 radical (unpaired) electrons. The third-order valence-electron chi connectivity index (χ3n) is 3.50. The van der Waals surface area contributed by atoms with Gasteiger partial charge >= 0.3 is 0 Å². The lowest BCUT2D eigenvalue weighted by molar-refractivity contribution is 0.454. The minimum absolute atomic E-state index is 0.284. The van der Waals surface area contributed by atoms with E-state index in [-0.39, 0.29) is 11.5 Å².